The van der Waals surface area contributed by atoms with E-state index < -0.39 is 29.6 Å². The maximum Gasteiger partial charge on any atom is 0.416 e. The number of hydrogen-bond donors (Lipinski definition) is 0. The highest BCUT2D eigenvalue weighted by molar-refractivity contribution is 5.57. The number of fused-ring (bicyclic) bond motifs is 1. The van der Waals surface area contributed by atoms with E-state index >= 15 is 0 Å². The third-order valence-electron chi connectivity index (χ3n) is 6.78. The third-order valence-corrected chi connectivity index (χ3v) is 6.78. The molecule has 2 aromatic heterocycles. The van der Waals surface area contributed by atoms with Gasteiger partial charge in [-0.15, -0.1) is 5.10 Å². The van der Waals surface area contributed by atoms with Crippen molar-refractivity contribution in [3.8, 4) is 6.07 Å². The van der Waals surface area contributed by atoms with Crippen molar-refractivity contribution in [3.05, 3.63) is 68.9 Å². The van der Waals surface area contributed by atoms with Gasteiger partial charge in [0, 0.05) is 19.6 Å². The van der Waals surface area contributed by atoms with E-state index in [0.717, 1.165) is 24.6 Å². The fourth-order valence-electron chi connectivity index (χ4n) is 4.92. The van der Waals surface area contributed by atoms with E-state index in [0.29, 0.717) is 37.4 Å². The SMILES string of the molecule is CC(c1ccccc1C(F)(F)F)n1nnc2c1CCN(c1cnn(C3CCCCO3)c(=O)c1C#N)C2. The summed E-state index contributed by atoms with van der Waals surface area (Å²) in [5, 5.41) is 22.4. The van der Waals surface area contributed by atoms with E-state index in [1.165, 1.54) is 27.7 Å². The second-order valence-electron chi connectivity index (χ2n) is 8.95. The van der Waals surface area contributed by atoms with Gasteiger partial charge in [0.2, 0.25) is 0 Å². The highest BCUT2D eigenvalue weighted by Gasteiger charge is 2.36. The lowest BCUT2D eigenvalue weighted by Gasteiger charge is -2.30. The summed E-state index contributed by atoms with van der Waals surface area (Å²) in [5.74, 6) is 0. The number of alkyl halides is 3. The average molecular weight is 499 g/mol. The molecule has 4 heterocycles. The maximum atomic E-state index is 13.6. The summed E-state index contributed by atoms with van der Waals surface area (Å²) in [6.07, 6.45) is -0.545. The van der Waals surface area contributed by atoms with Gasteiger partial charge < -0.3 is 9.64 Å². The van der Waals surface area contributed by atoms with Gasteiger partial charge in [0.25, 0.3) is 5.56 Å². The van der Waals surface area contributed by atoms with Crippen LogP contribution < -0.4 is 10.5 Å². The molecule has 5 rings (SSSR count). The van der Waals surface area contributed by atoms with Gasteiger partial charge in [0.1, 0.15) is 17.3 Å². The molecule has 9 nitrogen and oxygen atoms in total. The van der Waals surface area contributed by atoms with Crippen LogP contribution in [0.1, 0.15) is 66.5 Å². The van der Waals surface area contributed by atoms with Gasteiger partial charge in [0.05, 0.1) is 35.7 Å². The summed E-state index contributed by atoms with van der Waals surface area (Å²) in [6, 6.07) is 6.78. The molecule has 1 aromatic carbocycles. The molecule has 0 aliphatic carbocycles. The Bertz CT molecular complexity index is 1370. The van der Waals surface area contributed by atoms with E-state index in [4.69, 9.17) is 4.74 Å². The Balaban J connectivity index is 1.43. The lowest BCUT2D eigenvalue weighted by Crippen LogP contribution is -2.37. The molecule has 0 amide bonds. The van der Waals surface area contributed by atoms with E-state index in [2.05, 4.69) is 15.4 Å². The van der Waals surface area contributed by atoms with Crippen molar-refractivity contribution in [2.45, 2.75) is 57.6 Å². The molecule has 2 unspecified atom stereocenters. The van der Waals surface area contributed by atoms with Crippen molar-refractivity contribution in [2.24, 2.45) is 0 Å². The summed E-state index contributed by atoms with van der Waals surface area (Å²) >= 11 is 0. The topological polar surface area (TPSA) is 102 Å². The summed E-state index contributed by atoms with van der Waals surface area (Å²) in [7, 11) is 0. The van der Waals surface area contributed by atoms with Crippen LogP contribution in [0.15, 0.2) is 35.3 Å². The smallest absolute Gasteiger partial charge is 0.363 e. The zero-order valence-electron chi connectivity index (χ0n) is 19.6. The van der Waals surface area contributed by atoms with Crippen LogP contribution in [0.3, 0.4) is 0 Å². The number of benzene rings is 1. The largest absolute Gasteiger partial charge is 0.416 e. The van der Waals surface area contributed by atoms with E-state index in [9.17, 15) is 23.2 Å². The van der Waals surface area contributed by atoms with Crippen LogP contribution in [0.2, 0.25) is 0 Å². The highest BCUT2D eigenvalue weighted by atomic mass is 19.4. The lowest BCUT2D eigenvalue weighted by molar-refractivity contribution is -0.138. The fraction of sp³-hybridized carbons (Fsp3) is 0.458. The second-order valence-corrected chi connectivity index (χ2v) is 8.95. The Hall–Kier alpha value is -3.72. The predicted octanol–water partition coefficient (Wildman–Crippen LogP) is 3.60. The van der Waals surface area contributed by atoms with Crippen LogP contribution in [0.25, 0.3) is 0 Å². The molecule has 1 saturated heterocycles. The first kappa shape index (κ1) is 24.0. The number of hydrogen-bond acceptors (Lipinski definition) is 7. The first-order chi connectivity index (χ1) is 17.3. The second kappa shape index (κ2) is 9.39. The molecule has 3 aromatic rings. The van der Waals surface area contributed by atoms with Crippen LogP contribution >= 0.6 is 0 Å². The van der Waals surface area contributed by atoms with Crippen molar-refractivity contribution >= 4 is 5.69 Å². The van der Waals surface area contributed by atoms with Gasteiger partial charge in [-0.05, 0) is 37.8 Å². The standard InChI is InChI=1S/C24H24F3N7O2/c1-15(16-6-2-3-7-18(16)24(25,26)27)33-20-9-10-32(14-19(20)30-31-33)21-13-29-34(23(35)17(21)12-28)22-8-4-5-11-36-22/h2-3,6-7,13,15,22H,4-5,8-11,14H2,1H3. The first-order valence-electron chi connectivity index (χ1n) is 11.8. The molecule has 1 fully saturated rings. The Labute approximate surface area is 204 Å². The summed E-state index contributed by atoms with van der Waals surface area (Å²) in [5.41, 5.74) is 0.588. The molecule has 0 bridgehead atoms. The Morgan fingerprint density at radius 2 is 2.06 bits per heavy atom. The molecule has 2 atom stereocenters. The third kappa shape index (κ3) is 4.24. The molecule has 0 radical (unpaired) electrons. The fourth-order valence-corrected chi connectivity index (χ4v) is 4.92. The summed E-state index contributed by atoms with van der Waals surface area (Å²) < 4.78 is 49.1. The van der Waals surface area contributed by atoms with Crippen molar-refractivity contribution in [1.82, 2.24) is 24.8 Å². The van der Waals surface area contributed by atoms with E-state index in [1.54, 1.807) is 13.0 Å². The molecular formula is C24H24F3N7O2. The Kier molecular flexibility index (Phi) is 6.26. The Morgan fingerprint density at radius 3 is 2.78 bits per heavy atom. The van der Waals surface area contributed by atoms with Crippen molar-refractivity contribution in [3.63, 3.8) is 0 Å². The van der Waals surface area contributed by atoms with Crippen LogP contribution in [0, 0.1) is 11.3 Å². The number of nitrogens with zero attached hydrogens (tertiary/aromatic N) is 7. The van der Waals surface area contributed by atoms with Crippen LogP contribution in [-0.4, -0.2) is 37.9 Å². The number of aromatic nitrogens is 5. The van der Waals surface area contributed by atoms with Crippen LogP contribution in [0.4, 0.5) is 18.9 Å². The van der Waals surface area contributed by atoms with Crippen LogP contribution in [0.5, 0.6) is 0 Å². The quantitative estimate of drug-likeness (QED) is 0.541. The Morgan fingerprint density at radius 1 is 1.25 bits per heavy atom. The molecule has 12 heteroatoms. The van der Waals surface area contributed by atoms with Crippen molar-refractivity contribution in [2.75, 3.05) is 18.1 Å². The number of halogens is 3. The van der Waals surface area contributed by atoms with Gasteiger partial charge in [-0.2, -0.15) is 28.2 Å². The monoisotopic (exact) mass is 499 g/mol. The minimum Gasteiger partial charge on any atom is -0.363 e. The molecule has 2 aliphatic heterocycles. The van der Waals surface area contributed by atoms with Crippen molar-refractivity contribution < 1.29 is 17.9 Å². The van der Waals surface area contributed by atoms with E-state index in [1.807, 2.05) is 11.0 Å². The number of nitriles is 1. The van der Waals surface area contributed by atoms with E-state index in [-0.39, 0.29) is 17.7 Å². The molecule has 2 aliphatic rings. The number of anilines is 1. The van der Waals surface area contributed by atoms with Gasteiger partial charge in [-0.1, -0.05) is 23.4 Å². The molecule has 0 N–H and O–H groups in total. The average Bonchev–Trinajstić information content (AvgIpc) is 3.31. The number of rotatable bonds is 4. The normalized spacial score (nSPS) is 19.0. The van der Waals surface area contributed by atoms with Gasteiger partial charge >= 0.3 is 6.18 Å². The summed E-state index contributed by atoms with van der Waals surface area (Å²) in [6.45, 7) is 2.88. The molecule has 188 valence electrons. The maximum absolute atomic E-state index is 13.6. The molecule has 0 saturated carbocycles. The molecule has 36 heavy (non-hydrogen) atoms. The highest BCUT2D eigenvalue weighted by Crippen LogP contribution is 2.36. The summed E-state index contributed by atoms with van der Waals surface area (Å²) in [4.78, 5) is 14.8. The van der Waals surface area contributed by atoms with Gasteiger partial charge in [-0.25, -0.2) is 4.68 Å². The zero-order chi connectivity index (χ0) is 25.4. The lowest BCUT2D eigenvalue weighted by atomic mass is 10.00. The van der Waals surface area contributed by atoms with Gasteiger partial charge in [-0.3, -0.25) is 4.79 Å². The first-order valence-corrected chi connectivity index (χ1v) is 11.8. The van der Waals surface area contributed by atoms with Crippen molar-refractivity contribution in [1.29, 1.82) is 5.26 Å². The van der Waals surface area contributed by atoms with Crippen LogP contribution in [-0.2, 0) is 23.9 Å². The van der Waals surface area contributed by atoms with Gasteiger partial charge in [0.15, 0.2) is 6.23 Å². The molecule has 0 spiro atoms. The minimum absolute atomic E-state index is 0.0255. The molecular weight excluding hydrogens is 475 g/mol. The predicted molar refractivity (Wildman–Crippen MR) is 122 cm³/mol. The zero-order valence-corrected chi connectivity index (χ0v) is 19.6. The minimum atomic E-state index is -4.48. The number of ether oxygens (including phenoxy) is 1.